The summed E-state index contributed by atoms with van der Waals surface area (Å²) >= 11 is 0. The smallest absolute Gasteiger partial charge is 0.227 e. The minimum absolute atomic E-state index is 0.117. The number of fused-ring (bicyclic) bond motifs is 1. The van der Waals surface area contributed by atoms with Crippen LogP contribution in [-0.4, -0.2) is 27.2 Å². The number of amides is 1. The molecule has 0 bridgehead atoms. The molecule has 1 saturated heterocycles. The first-order chi connectivity index (χ1) is 19.5. The van der Waals surface area contributed by atoms with Gasteiger partial charge in [0.25, 0.3) is 0 Å². The summed E-state index contributed by atoms with van der Waals surface area (Å²) in [5, 5.41) is 5.82. The lowest BCUT2D eigenvalue weighted by Crippen LogP contribution is -2.39. The van der Waals surface area contributed by atoms with Crippen LogP contribution in [0.3, 0.4) is 0 Å². The Hall–Kier alpha value is -4.65. The highest BCUT2D eigenvalue weighted by atomic mass is 16.5. The highest BCUT2D eigenvalue weighted by Gasteiger charge is 2.25. The molecule has 1 amide bonds. The largest absolute Gasteiger partial charge is 0.473 e. The van der Waals surface area contributed by atoms with Crippen LogP contribution in [0.25, 0.3) is 22.2 Å². The Kier molecular flexibility index (Phi) is 7.19. The van der Waals surface area contributed by atoms with E-state index < -0.39 is 0 Å². The minimum Gasteiger partial charge on any atom is -0.473 e. The van der Waals surface area contributed by atoms with Crippen LogP contribution in [0.15, 0.2) is 91.0 Å². The van der Waals surface area contributed by atoms with E-state index in [9.17, 15) is 4.79 Å². The van der Waals surface area contributed by atoms with Crippen molar-refractivity contribution < 1.29 is 14.3 Å². The van der Waals surface area contributed by atoms with Gasteiger partial charge in [-0.15, -0.1) is 0 Å². The number of aryl methyl sites for hydroxylation is 1. The highest BCUT2D eigenvalue weighted by molar-refractivity contribution is 6.00. The van der Waals surface area contributed by atoms with Crippen LogP contribution in [0.4, 0.5) is 5.69 Å². The summed E-state index contributed by atoms with van der Waals surface area (Å²) in [4.78, 5) is 19.3. The molecule has 3 heterocycles. The van der Waals surface area contributed by atoms with Crippen molar-refractivity contribution in [3.05, 3.63) is 109 Å². The summed E-state index contributed by atoms with van der Waals surface area (Å²) in [7, 11) is 1.92. The molecule has 0 aliphatic carbocycles. The van der Waals surface area contributed by atoms with Crippen LogP contribution in [0.2, 0.25) is 0 Å². The van der Waals surface area contributed by atoms with Crippen molar-refractivity contribution in [1.29, 1.82) is 0 Å². The Morgan fingerprint density at radius 1 is 0.875 bits per heavy atom. The van der Waals surface area contributed by atoms with E-state index in [1.54, 1.807) is 0 Å². The number of aromatic nitrogens is 3. The zero-order valence-corrected chi connectivity index (χ0v) is 22.7. The van der Waals surface area contributed by atoms with Gasteiger partial charge in [-0.1, -0.05) is 67.6 Å². The molecular formula is C33H31N4O3. The Labute approximate surface area is 234 Å². The lowest BCUT2D eigenvalue weighted by molar-refractivity contribution is -0.119. The SMILES string of the molecule is C[C@H]1[CH]CC(=O)N(c2ccc3c(-c4ccc(OCc5ccccc5)nc4OCc4ccccc4)nn(C)c3c2)C1. The molecule has 1 aliphatic rings. The molecular weight excluding hydrogens is 500 g/mol. The lowest BCUT2D eigenvalue weighted by atomic mass is 9.99. The number of hydrogen-bond donors (Lipinski definition) is 0. The van der Waals surface area contributed by atoms with E-state index >= 15 is 0 Å². The van der Waals surface area contributed by atoms with Gasteiger partial charge in [-0.3, -0.25) is 9.48 Å². The van der Waals surface area contributed by atoms with Crippen LogP contribution in [-0.2, 0) is 25.1 Å². The number of carbonyl (C=O) groups is 1. The molecule has 7 heteroatoms. The van der Waals surface area contributed by atoms with E-state index in [2.05, 4.69) is 13.3 Å². The van der Waals surface area contributed by atoms with E-state index in [0.29, 0.717) is 43.9 Å². The van der Waals surface area contributed by atoms with E-state index in [0.717, 1.165) is 39.0 Å². The van der Waals surface area contributed by atoms with Gasteiger partial charge in [-0.25, -0.2) is 0 Å². The molecule has 6 rings (SSSR count). The Bertz CT molecular complexity index is 1630. The van der Waals surface area contributed by atoms with Gasteiger partial charge < -0.3 is 14.4 Å². The summed E-state index contributed by atoms with van der Waals surface area (Å²) < 4.78 is 14.1. The molecule has 5 aromatic rings. The number of benzene rings is 3. The second kappa shape index (κ2) is 11.2. The quantitative estimate of drug-likeness (QED) is 0.233. The number of hydrogen-bond acceptors (Lipinski definition) is 5. The number of carbonyl (C=O) groups excluding carboxylic acids is 1. The number of pyridine rings is 1. The first-order valence-electron chi connectivity index (χ1n) is 13.5. The van der Waals surface area contributed by atoms with Crippen molar-refractivity contribution in [2.45, 2.75) is 26.6 Å². The molecule has 40 heavy (non-hydrogen) atoms. The maximum atomic E-state index is 12.6. The van der Waals surface area contributed by atoms with Gasteiger partial charge in [0, 0.05) is 37.2 Å². The zero-order valence-electron chi connectivity index (χ0n) is 22.7. The Morgan fingerprint density at radius 3 is 2.30 bits per heavy atom. The van der Waals surface area contributed by atoms with E-state index in [4.69, 9.17) is 19.6 Å². The van der Waals surface area contributed by atoms with Gasteiger partial charge in [0.2, 0.25) is 17.7 Å². The molecule has 1 aliphatic heterocycles. The predicted molar refractivity (Wildman–Crippen MR) is 156 cm³/mol. The number of ether oxygens (including phenoxy) is 2. The van der Waals surface area contributed by atoms with Crippen molar-refractivity contribution in [3.63, 3.8) is 0 Å². The highest BCUT2D eigenvalue weighted by Crippen LogP contribution is 2.37. The fourth-order valence-corrected chi connectivity index (χ4v) is 4.99. The standard InChI is InChI=1S/C33H31N4O3/c1-23-13-18-31(38)37(20-23)26-14-15-27-29(19-26)36(2)35-32(27)28-16-17-30(39-21-24-9-5-3-6-10-24)34-33(28)40-22-25-11-7-4-8-12-25/h3-17,19,23H,18,20-22H2,1-2H3/t23-/m0/s1. The molecule has 1 radical (unpaired) electrons. The second-order valence-corrected chi connectivity index (χ2v) is 10.1. The minimum atomic E-state index is 0.117. The molecule has 2 aromatic heterocycles. The number of nitrogens with zero attached hydrogens (tertiary/aromatic N) is 4. The van der Waals surface area contributed by atoms with Crippen LogP contribution >= 0.6 is 0 Å². The molecule has 7 nitrogen and oxygen atoms in total. The van der Waals surface area contributed by atoms with Gasteiger partial charge in [-0.05, 0) is 47.7 Å². The van der Waals surface area contributed by atoms with E-state index in [1.807, 2.05) is 108 Å². The van der Waals surface area contributed by atoms with Crippen molar-refractivity contribution in [2.24, 2.45) is 13.0 Å². The summed E-state index contributed by atoms with van der Waals surface area (Å²) in [5.41, 5.74) is 5.46. The molecule has 1 fully saturated rings. The first kappa shape index (κ1) is 25.6. The number of rotatable bonds is 8. The van der Waals surface area contributed by atoms with Crippen LogP contribution in [0.5, 0.6) is 11.8 Å². The number of anilines is 1. The average molecular weight is 532 g/mol. The molecule has 0 unspecified atom stereocenters. The molecule has 0 spiro atoms. The molecule has 0 N–H and O–H groups in total. The lowest BCUT2D eigenvalue weighted by Gasteiger charge is -2.30. The third-order valence-corrected chi connectivity index (χ3v) is 7.15. The summed E-state index contributed by atoms with van der Waals surface area (Å²) in [6, 6.07) is 29.9. The molecule has 3 aromatic carbocycles. The molecule has 201 valence electrons. The molecule has 0 saturated carbocycles. The first-order valence-corrected chi connectivity index (χ1v) is 13.5. The van der Waals surface area contributed by atoms with Crippen molar-refractivity contribution in [1.82, 2.24) is 14.8 Å². The maximum Gasteiger partial charge on any atom is 0.227 e. The van der Waals surface area contributed by atoms with Crippen molar-refractivity contribution in [2.75, 3.05) is 11.4 Å². The van der Waals surface area contributed by atoms with Crippen molar-refractivity contribution >= 4 is 22.5 Å². The van der Waals surface area contributed by atoms with Crippen LogP contribution < -0.4 is 14.4 Å². The Morgan fingerprint density at radius 2 is 1.57 bits per heavy atom. The third kappa shape index (κ3) is 5.41. The fraction of sp³-hybridized carbons (Fsp3) is 0.212. The van der Waals surface area contributed by atoms with Gasteiger partial charge in [0.05, 0.1) is 11.1 Å². The van der Waals surface area contributed by atoms with Crippen LogP contribution in [0, 0.1) is 12.3 Å². The topological polar surface area (TPSA) is 69.5 Å². The third-order valence-electron chi connectivity index (χ3n) is 7.15. The van der Waals surface area contributed by atoms with Gasteiger partial charge in [-0.2, -0.15) is 10.1 Å². The van der Waals surface area contributed by atoms with E-state index in [1.165, 1.54) is 0 Å². The summed E-state index contributed by atoms with van der Waals surface area (Å²) in [5.74, 6) is 1.40. The predicted octanol–water partition coefficient (Wildman–Crippen LogP) is 6.37. The normalized spacial score (nSPS) is 15.4. The summed E-state index contributed by atoms with van der Waals surface area (Å²) in [6.45, 7) is 3.59. The number of piperidine rings is 1. The van der Waals surface area contributed by atoms with Crippen molar-refractivity contribution in [3.8, 4) is 23.0 Å². The van der Waals surface area contributed by atoms with Crippen LogP contribution in [0.1, 0.15) is 24.5 Å². The summed E-state index contributed by atoms with van der Waals surface area (Å²) in [6.07, 6.45) is 2.54. The van der Waals surface area contributed by atoms with Gasteiger partial charge >= 0.3 is 0 Å². The fourth-order valence-electron chi connectivity index (χ4n) is 4.99. The molecule has 1 atom stereocenters. The van der Waals surface area contributed by atoms with Gasteiger partial charge in [0.15, 0.2) is 0 Å². The van der Waals surface area contributed by atoms with E-state index in [-0.39, 0.29) is 5.91 Å². The van der Waals surface area contributed by atoms with Gasteiger partial charge in [0.1, 0.15) is 18.9 Å². The average Bonchev–Trinajstić information content (AvgIpc) is 3.32. The maximum absolute atomic E-state index is 12.6. The zero-order chi connectivity index (χ0) is 27.5. The Balaban J connectivity index is 1.34. The monoisotopic (exact) mass is 531 g/mol. The second-order valence-electron chi connectivity index (χ2n) is 10.1.